The van der Waals surface area contributed by atoms with Crippen molar-refractivity contribution >= 4 is 27.3 Å². The predicted molar refractivity (Wildman–Crippen MR) is 62.6 cm³/mol. The van der Waals surface area contributed by atoms with Gasteiger partial charge in [0.1, 0.15) is 0 Å². The van der Waals surface area contributed by atoms with E-state index in [-0.39, 0.29) is 0 Å². The van der Waals surface area contributed by atoms with Gasteiger partial charge in [0.25, 0.3) is 0 Å². The Morgan fingerprint density at radius 1 is 1.64 bits per heavy atom. The second kappa shape index (κ2) is 4.75. The Hall–Kier alpha value is 0.1000. The Bertz CT molecular complexity index is 302. The number of thiophene rings is 1. The smallest absolute Gasteiger partial charge is 0.0512 e. The molecule has 0 aromatic carbocycles. The molecular weight excluding hydrogens is 262 g/mol. The zero-order chi connectivity index (χ0) is 9.97. The molecule has 0 amide bonds. The fraction of sp³-hybridized carbons (Fsp3) is 0.600. The topological polar surface area (TPSA) is 35.2 Å². The third-order valence-electron chi connectivity index (χ3n) is 2.62. The third-order valence-corrected chi connectivity index (χ3v) is 4.34. The number of halogens is 1. The monoisotopic (exact) mass is 275 g/mol. The predicted octanol–water partition coefficient (Wildman–Crippen LogP) is 2.42. The largest absolute Gasteiger partial charge is 0.381 e. The lowest BCUT2D eigenvalue weighted by atomic mass is 9.93. The molecule has 2 nitrogen and oxygen atoms in total. The summed E-state index contributed by atoms with van der Waals surface area (Å²) in [4.78, 5) is 1.39. The summed E-state index contributed by atoms with van der Waals surface area (Å²) in [6.45, 7) is 1.64. The van der Waals surface area contributed by atoms with Crippen molar-refractivity contribution in [3.05, 3.63) is 20.8 Å². The summed E-state index contributed by atoms with van der Waals surface area (Å²) >= 11 is 5.25. The summed E-state index contributed by atoms with van der Waals surface area (Å²) < 4.78 is 6.61. The van der Waals surface area contributed by atoms with Gasteiger partial charge in [-0.3, -0.25) is 0 Å². The SMILES string of the molecule is NC1CCOCC1Cc1cc(Br)cs1. The van der Waals surface area contributed by atoms with Gasteiger partial charge in [-0.25, -0.2) is 0 Å². The molecule has 1 saturated heterocycles. The summed E-state index contributed by atoms with van der Waals surface area (Å²) in [5.74, 6) is 0.495. The molecule has 2 rings (SSSR count). The molecule has 0 saturated carbocycles. The van der Waals surface area contributed by atoms with Crippen LogP contribution in [0, 0.1) is 5.92 Å². The highest BCUT2D eigenvalue weighted by atomic mass is 79.9. The lowest BCUT2D eigenvalue weighted by Crippen LogP contribution is -2.39. The zero-order valence-electron chi connectivity index (χ0n) is 7.91. The van der Waals surface area contributed by atoms with Crippen LogP contribution in [0.4, 0.5) is 0 Å². The van der Waals surface area contributed by atoms with Crippen molar-refractivity contribution in [2.75, 3.05) is 13.2 Å². The first-order valence-corrected chi connectivity index (χ1v) is 6.49. The number of rotatable bonds is 2. The van der Waals surface area contributed by atoms with Gasteiger partial charge < -0.3 is 10.5 Å². The van der Waals surface area contributed by atoms with E-state index in [0.717, 1.165) is 26.1 Å². The van der Waals surface area contributed by atoms with E-state index in [1.165, 1.54) is 9.35 Å². The Balaban J connectivity index is 1.95. The van der Waals surface area contributed by atoms with Crippen LogP contribution in [0.25, 0.3) is 0 Å². The molecule has 0 bridgehead atoms. The van der Waals surface area contributed by atoms with Gasteiger partial charge in [0.05, 0.1) is 6.61 Å². The molecule has 2 heterocycles. The van der Waals surface area contributed by atoms with Crippen molar-refractivity contribution in [3.8, 4) is 0 Å². The van der Waals surface area contributed by atoms with Crippen LogP contribution in [0.15, 0.2) is 15.9 Å². The minimum absolute atomic E-state index is 0.310. The maximum absolute atomic E-state index is 6.05. The van der Waals surface area contributed by atoms with Gasteiger partial charge in [-0.2, -0.15) is 0 Å². The minimum atomic E-state index is 0.310. The number of hydrogen-bond donors (Lipinski definition) is 1. The molecule has 1 aliphatic rings. The standard InChI is InChI=1S/C10H14BrNOS/c11-8-4-9(14-6-8)3-7-5-13-2-1-10(7)12/h4,6-7,10H,1-3,5,12H2. The first kappa shape index (κ1) is 10.6. The van der Waals surface area contributed by atoms with Crippen molar-refractivity contribution < 1.29 is 4.74 Å². The normalized spacial score (nSPS) is 27.9. The Kier molecular flexibility index (Phi) is 3.60. The fourth-order valence-corrected chi connectivity index (χ4v) is 3.29. The Labute approximate surface area is 96.6 Å². The van der Waals surface area contributed by atoms with Gasteiger partial charge >= 0.3 is 0 Å². The van der Waals surface area contributed by atoms with Gasteiger partial charge in [0.15, 0.2) is 0 Å². The van der Waals surface area contributed by atoms with E-state index >= 15 is 0 Å². The summed E-state index contributed by atoms with van der Waals surface area (Å²) in [5.41, 5.74) is 6.05. The molecule has 1 aromatic rings. The maximum Gasteiger partial charge on any atom is 0.0512 e. The quantitative estimate of drug-likeness (QED) is 0.900. The molecule has 1 aromatic heterocycles. The minimum Gasteiger partial charge on any atom is -0.381 e. The van der Waals surface area contributed by atoms with Crippen LogP contribution >= 0.6 is 27.3 Å². The van der Waals surface area contributed by atoms with Crippen LogP contribution in [0.5, 0.6) is 0 Å². The molecule has 4 heteroatoms. The lowest BCUT2D eigenvalue weighted by molar-refractivity contribution is 0.0425. The van der Waals surface area contributed by atoms with E-state index in [4.69, 9.17) is 10.5 Å². The van der Waals surface area contributed by atoms with Crippen molar-refractivity contribution in [1.82, 2.24) is 0 Å². The van der Waals surface area contributed by atoms with E-state index in [1.807, 2.05) is 0 Å². The highest BCUT2D eigenvalue weighted by Gasteiger charge is 2.22. The fourth-order valence-electron chi connectivity index (χ4n) is 1.74. The van der Waals surface area contributed by atoms with Gasteiger partial charge in [0, 0.05) is 33.3 Å². The summed E-state index contributed by atoms with van der Waals surface area (Å²) in [6, 6.07) is 2.48. The highest BCUT2D eigenvalue weighted by molar-refractivity contribution is 9.10. The Morgan fingerprint density at radius 2 is 2.50 bits per heavy atom. The summed E-state index contributed by atoms with van der Waals surface area (Å²) in [6.07, 6.45) is 2.05. The molecule has 0 radical (unpaired) electrons. The average molecular weight is 276 g/mol. The molecule has 0 spiro atoms. The average Bonchev–Trinajstić information content (AvgIpc) is 2.56. The van der Waals surface area contributed by atoms with E-state index in [9.17, 15) is 0 Å². The van der Waals surface area contributed by atoms with Crippen LogP contribution < -0.4 is 5.73 Å². The van der Waals surface area contributed by atoms with Crippen LogP contribution in [0.3, 0.4) is 0 Å². The van der Waals surface area contributed by atoms with E-state index < -0.39 is 0 Å². The zero-order valence-corrected chi connectivity index (χ0v) is 10.3. The number of nitrogens with two attached hydrogens (primary N) is 1. The molecule has 2 unspecified atom stereocenters. The van der Waals surface area contributed by atoms with Crippen molar-refractivity contribution in [2.24, 2.45) is 11.7 Å². The maximum atomic E-state index is 6.05. The van der Waals surface area contributed by atoms with Crippen LogP contribution in [0.2, 0.25) is 0 Å². The van der Waals surface area contributed by atoms with Gasteiger partial charge in [-0.1, -0.05) is 0 Å². The molecular formula is C10H14BrNOS. The van der Waals surface area contributed by atoms with Crippen molar-refractivity contribution in [3.63, 3.8) is 0 Å². The number of ether oxygens (including phenoxy) is 1. The van der Waals surface area contributed by atoms with E-state index in [1.54, 1.807) is 11.3 Å². The molecule has 1 aliphatic heterocycles. The Morgan fingerprint density at radius 3 is 3.14 bits per heavy atom. The lowest BCUT2D eigenvalue weighted by Gasteiger charge is -2.28. The molecule has 78 valence electrons. The van der Waals surface area contributed by atoms with Gasteiger partial charge in [-0.05, 0) is 34.8 Å². The van der Waals surface area contributed by atoms with Gasteiger partial charge in [0.2, 0.25) is 0 Å². The summed E-state index contributed by atoms with van der Waals surface area (Å²) in [7, 11) is 0. The van der Waals surface area contributed by atoms with Crippen LogP contribution in [-0.4, -0.2) is 19.3 Å². The summed E-state index contributed by atoms with van der Waals surface area (Å²) in [5, 5.41) is 2.12. The van der Waals surface area contributed by atoms with Gasteiger partial charge in [-0.15, -0.1) is 11.3 Å². The first-order chi connectivity index (χ1) is 6.75. The van der Waals surface area contributed by atoms with Crippen molar-refractivity contribution in [1.29, 1.82) is 0 Å². The molecule has 1 fully saturated rings. The van der Waals surface area contributed by atoms with Crippen LogP contribution in [0.1, 0.15) is 11.3 Å². The third kappa shape index (κ3) is 2.57. The number of hydrogen-bond acceptors (Lipinski definition) is 3. The van der Waals surface area contributed by atoms with E-state index in [2.05, 4.69) is 27.4 Å². The second-order valence-corrected chi connectivity index (χ2v) is 5.63. The molecule has 0 aliphatic carbocycles. The first-order valence-electron chi connectivity index (χ1n) is 4.82. The molecule has 14 heavy (non-hydrogen) atoms. The molecule has 2 atom stereocenters. The van der Waals surface area contributed by atoms with Crippen molar-refractivity contribution in [2.45, 2.75) is 18.9 Å². The highest BCUT2D eigenvalue weighted by Crippen LogP contribution is 2.25. The van der Waals surface area contributed by atoms with Crippen LogP contribution in [-0.2, 0) is 11.2 Å². The molecule has 2 N–H and O–H groups in total. The van der Waals surface area contributed by atoms with E-state index in [0.29, 0.717) is 12.0 Å². The second-order valence-electron chi connectivity index (χ2n) is 3.72.